The normalized spacial score (nSPS) is 10.2. The van der Waals surface area contributed by atoms with E-state index in [9.17, 15) is 20.2 Å². The van der Waals surface area contributed by atoms with Crippen molar-refractivity contribution in [2.75, 3.05) is 38.3 Å². The van der Waals surface area contributed by atoms with Crippen LogP contribution in [-0.2, 0) is 9.47 Å². The lowest BCUT2D eigenvalue weighted by Gasteiger charge is -2.08. The Kier molecular flexibility index (Phi) is 7.51. The van der Waals surface area contributed by atoms with Crippen molar-refractivity contribution in [3.05, 3.63) is 51.1 Å². The Bertz CT molecular complexity index is 535. The Morgan fingerprint density at radius 1 is 1.14 bits per heavy atom. The first kappa shape index (κ1) is 17.5. The largest absolute Gasteiger partial charge is 0.377 e. The zero-order valence-electron chi connectivity index (χ0n) is 11.9. The summed E-state index contributed by atoms with van der Waals surface area (Å²) >= 11 is 0. The number of anilines is 1. The first-order valence-corrected chi connectivity index (χ1v) is 6.49. The summed E-state index contributed by atoms with van der Waals surface area (Å²) < 4.78 is 10.4. The molecule has 120 valence electrons. The Hall–Kier alpha value is -2.52. The average molecular weight is 311 g/mol. The van der Waals surface area contributed by atoms with Crippen LogP contribution in [0.4, 0.5) is 17.1 Å². The molecule has 1 rings (SSSR count). The molecule has 1 N–H and O–H groups in total. The predicted molar refractivity (Wildman–Crippen MR) is 80.1 cm³/mol. The van der Waals surface area contributed by atoms with Crippen molar-refractivity contribution in [1.29, 1.82) is 0 Å². The lowest BCUT2D eigenvalue weighted by molar-refractivity contribution is -0.393. The van der Waals surface area contributed by atoms with Crippen LogP contribution in [-0.4, -0.2) is 42.8 Å². The van der Waals surface area contributed by atoms with Gasteiger partial charge < -0.3 is 14.8 Å². The minimum atomic E-state index is -0.677. The minimum Gasteiger partial charge on any atom is -0.377 e. The second-order valence-electron chi connectivity index (χ2n) is 4.12. The predicted octanol–water partition coefficient (Wildman–Crippen LogP) is 2.13. The van der Waals surface area contributed by atoms with Gasteiger partial charge in [0, 0.05) is 12.6 Å². The summed E-state index contributed by atoms with van der Waals surface area (Å²) in [5, 5.41) is 24.4. The van der Waals surface area contributed by atoms with Crippen LogP contribution in [0.15, 0.2) is 30.9 Å². The smallest absolute Gasteiger partial charge is 0.299 e. The molecule has 1 aromatic rings. The highest BCUT2D eigenvalue weighted by Crippen LogP contribution is 2.28. The molecule has 0 aliphatic carbocycles. The van der Waals surface area contributed by atoms with Crippen molar-refractivity contribution in [3.63, 3.8) is 0 Å². The fourth-order valence-electron chi connectivity index (χ4n) is 1.58. The van der Waals surface area contributed by atoms with Gasteiger partial charge in [-0.05, 0) is 6.07 Å². The van der Waals surface area contributed by atoms with Gasteiger partial charge in [0.2, 0.25) is 0 Å². The highest BCUT2D eigenvalue weighted by atomic mass is 16.6. The molecule has 0 atom stereocenters. The summed E-state index contributed by atoms with van der Waals surface area (Å²) in [6, 6.07) is 3.44. The fourth-order valence-corrected chi connectivity index (χ4v) is 1.58. The molecule has 0 saturated carbocycles. The molecule has 22 heavy (non-hydrogen) atoms. The van der Waals surface area contributed by atoms with E-state index in [2.05, 4.69) is 11.9 Å². The van der Waals surface area contributed by atoms with Crippen LogP contribution in [0.2, 0.25) is 0 Å². The van der Waals surface area contributed by atoms with Crippen LogP contribution in [0.1, 0.15) is 0 Å². The molecule has 0 aliphatic rings. The van der Waals surface area contributed by atoms with Crippen molar-refractivity contribution >= 4 is 17.1 Å². The van der Waals surface area contributed by atoms with Gasteiger partial charge in [0.15, 0.2) is 0 Å². The van der Waals surface area contributed by atoms with Crippen molar-refractivity contribution in [2.45, 2.75) is 0 Å². The number of nitrogens with zero attached hydrogens (tertiary/aromatic N) is 2. The van der Waals surface area contributed by atoms with Crippen LogP contribution in [0.25, 0.3) is 0 Å². The maximum atomic E-state index is 10.9. The third-order valence-electron chi connectivity index (χ3n) is 2.56. The number of ether oxygens (including phenoxy) is 2. The van der Waals surface area contributed by atoms with Crippen molar-refractivity contribution < 1.29 is 19.3 Å². The summed E-state index contributed by atoms with van der Waals surface area (Å²) in [5.74, 6) is 0. The van der Waals surface area contributed by atoms with E-state index in [4.69, 9.17) is 9.47 Å². The molecular weight excluding hydrogens is 294 g/mol. The van der Waals surface area contributed by atoms with Gasteiger partial charge in [-0.2, -0.15) is 0 Å². The molecule has 0 saturated heterocycles. The standard InChI is InChI=1S/C13H17N3O6/c1-2-6-21-8-9-22-7-5-14-12-4-3-11(15(17)18)10-13(12)16(19)20/h2-4,10,14H,1,5-9H2. The van der Waals surface area contributed by atoms with Crippen LogP contribution < -0.4 is 5.32 Å². The van der Waals surface area contributed by atoms with Gasteiger partial charge in [0.05, 0.1) is 42.3 Å². The van der Waals surface area contributed by atoms with E-state index in [0.29, 0.717) is 33.0 Å². The Morgan fingerprint density at radius 3 is 2.50 bits per heavy atom. The molecule has 0 fully saturated rings. The molecule has 0 unspecified atom stereocenters. The van der Waals surface area contributed by atoms with E-state index in [0.717, 1.165) is 6.07 Å². The summed E-state index contributed by atoms with van der Waals surface area (Å²) in [7, 11) is 0. The number of benzene rings is 1. The molecule has 0 heterocycles. The molecule has 9 heteroatoms. The molecule has 0 aliphatic heterocycles. The van der Waals surface area contributed by atoms with E-state index in [-0.39, 0.29) is 17.1 Å². The second kappa shape index (κ2) is 9.42. The maximum absolute atomic E-state index is 10.9. The summed E-state index contributed by atoms with van der Waals surface area (Å²) in [6.07, 6.45) is 1.63. The molecule has 1 aromatic carbocycles. The number of non-ortho nitro benzene ring substituents is 1. The van der Waals surface area contributed by atoms with Crippen molar-refractivity contribution in [3.8, 4) is 0 Å². The topological polar surface area (TPSA) is 117 Å². The molecule has 0 amide bonds. The number of nitro groups is 2. The lowest BCUT2D eigenvalue weighted by Crippen LogP contribution is -2.13. The molecule has 0 aromatic heterocycles. The van der Waals surface area contributed by atoms with Crippen LogP contribution in [0, 0.1) is 20.2 Å². The van der Waals surface area contributed by atoms with Crippen LogP contribution in [0.3, 0.4) is 0 Å². The number of nitrogens with one attached hydrogen (secondary N) is 1. The van der Waals surface area contributed by atoms with E-state index in [1.54, 1.807) is 6.08 Å². The van der Waals surface area contributed by atoms with E-state index in [1.165, 1.54) is 12.1 Å². The molecule has 0 radical (unpaired) electrons. The molecule has 0 bridgehead atoms. The molecule has 9 nitrogen and oxygen atoms in total. The van der Waals surface area contributed by atoms with E-state index in [1.807, 2.05) is 0 Å². The average Bonchev–Trinajstić information content (AvgIpc) is 2.49. The molecular formula is C13H17N3O6. The first-order valence-electron chi connectivity index (χ1n) is 6.49. The fraction of sp³-hybridized carbons (Fsp3) is 0.385. The number of hydrogen-bond donors (Lipinski definition) is 1. The van der Waals surface area contributed by atoms with Gasteiger partial charge in [-0.25, -0.2) is 0 Å². The van der Waals surface area contributed by atoms with Crippen molar-refractivity contribution in [1.82, 2.24) is 0 Å². The summed E-state index contributed by atoms with van der Waals surface area (Å²) in [6.45, 7) is 5.46. The maximum Gasteiger partial charge on any atom is 0.299 e. The van der Waals surface area contributed by atoms with Crippen LogP contribution >= 0.6 is 0 Å². The SMILES string of the molecule is C=CCOCCOCCNc1ccc([N+](=O)[O-])cc1[N+](=O)[O-]. The monoisotopic (exact) mass is 311 g/mol. The van der Waals surface area contributed by atoms with Gasteiger partial charge in [-0.1, -0.05) is 6.08 Å². The number of nitro benzene ring substituents is 2. The second-order valence-corrected chi connectivity index (χ2v) is 4.12. The Morgan fingerprint density at radius 2 is 1.86 bits per heavy atom. The van der Waals surface area contributed by atoms with Gasteiger partial charge in [0.25, 0.3) is 11.4 Å². The third kappa shape index (κ3) is 5.85. The minimum absolute atomic E-state index is 0.210. The zero-order valence-corrected chi connectivity index (χ0v) is 11.9. The summed E-state index contributed by atoms with van der Waals surface area (Å²) in [4.78, 5) is 20.2. The van der Waals surface area contributed by atoms with E-state index < -0.39 is 9.85 Å². The van der Waals surface area contributed by atoms with E-state index >= 15 is 0 Å². The first-order chi connectivity index (χ1) is 10.6. The highest BCUT2D eigenvalue weighted by Gasteiger charge is 2.18. The Balaban J connectivity index is 2.43. The van der Waals surface area contributed by atoms with Crippen LogP contribution in [0.5, 0.6) is 0 Å². The van der Waals surface area contributed by atoms with Gasteiger partial charge in [-0.15, -0.1) is 6.58 Å². The number of hydrogen-bond acceptors (Lipinski definition) is 7. The van der Waals surface area contributed by atoms with Gasteiger partial charge >= 0.3 is 0 Å². The third-order valence-corrected chi connectivity index (χ3v) is 2.56. The molecule has 0 spiro atoms. The Labute approximate surface area is 126 Å². The lowest BCUT2D eigenvalue weighted by atomic mass is 10.2. The van der Waals surface area contributed by atoms with Gasteiger partial charge in [-0.3, -0.25) is 20.2 Å². The number of rotatable bonds is 11. The quantitative estimate of drug-likeness (QED) is 0.288. The van der Waals surface area contributed by atoms with Gasteiger partial charge in [0.1, 0.15) is 5.69 Å². The zero-order chi connectivity index (χ0) is 16.4. The summed E-state index contributed by atoms with van der Waals surface area (Å²) in [5.41, 5.74) is -0.460. The highest BCUT2D eigenvalue weighted by molar-refractivity contribution is 5.65. The van der Waals surface area contributed by atoms with Crippen molar-refractivity contribution in [2.24, 2.45) is 0 Å².